The minimum absolute atomic E-state index is 0.150. The standard InChI is InChI=1S/C21H25FN2O3/c1-14-8-10-23(11-9-14)20(25)13-27-21(26)19-12-15(2)24(16(19)3)18-6-4-17(22)5-7-18/h4-7,12,14H,8-11,13H2,1-3H3. The second kappa shape index (κ2) is 7.94. The number of benzene rings is 1. The van der Waals surface area contributed by atoms with Crippen LogP contribution in [0.4, 0.5) is 4.39 Å². The van der Waals surface area contributed by atoms with Crippen molar-refractivity contribution in [3.05, 3.63) is 53.1 Å². The lowest BCUT2D eigenvalue weighted by molar-refractivity contribution is -0.135. The zero-order valence-corrected chi connectivity index (χ0v) is 16.0. The molecule has 0 spiro atoms. The Bertz CT molecular complexity index is 834. The number of aryl methyl sites for hydroxylation is 1. The number of carbonyl (C=O) groups excluding carboxylic acids is 2. The molecule has 0 aliphatic carbocycles. The first-order valence-corrected chi connectivity index (χ1v) is 9.26. The Balaban J connectivity index is 1.68. The third-order valence-electron chi connectivity index (χ3n) is 5.20. The van der Waals surface area contributed by atoms with Gasteiger partial charge in [0.05, 0.1) is 5.56 Å². The van der Waals surface area contributed by atoms with Gasteiger partial charge in [-0.1, -0.05) is 6.92 Å². The van der Waals surface area contributed by atoms with Crippen molar-refractivity contribution in [2.45, 2.75) is 33.6 Å². The quantitative estimate of drug-likeness (QED) is 0.770. The lowest BCUT2D eigenvalue weighted by Crippen LogP contribution is -2.40. The van der Waals surface area contributed by atoms with E-state index in [1.54, 1.807) is 30.0 Å². The van der Waals surface area contributed by atoms with E-state index >= 15 is 0 Å². The van der Waals surface area contributed by atoms with Crippen LogP contribution in [0.25, 0.3) is 5.69 Å². The lowest BCUT2D eigenvalue weighted by atomic mass is 9.99. The maximum Gasteiger partial charge on any atom is 0.340 e. The summed E-state index contributed by atoms with van der Waals surface area (Å²) in [7, 11) is 0. The van der Waals surface area contributed by atoms with Crippen LogP contribution in [0, 0.1) is 25.6 Å². The Morgan fingerprint density at radius 1 is 1.15 bits per heavy atom. The van der Waals surface area contributed by atoms with Gasteiger partial charge in [-0.25, -0.2) is 9.18 Å². The molecule has 0 bridgehead atoms. The number of amides is 1. The molecule has 1 aliphatic heterocycles. The second-order valence-electron chi connectivity index (χ2n) is 7.24. The monoisotopic (exact) mass is 372 g/mol. The van der Waals surface area contributed by atoms with Gasteiger partial charge in [0.2, 0.25) is 0 Å². The molecule has 6 heteroatoms. The summed E-state index contributed by atoms with van der Waals surface area (Å²) < 4.78 is 20.3. The Kier molecular flexibility index (Phi) is 5.63. The largest absolute Gasteiger partial charge is 0.452 e. The Labute approximate surface area is 158 Å². The highest BCUT2D eigenvalue weighted by atomic mass is 19.1. The van der Waals surface area contributed by atoms with Crippen LogP contribution in [0.1, 0.15) is 41.5 Å². The highest BCUT2D eigenvalue weighted by Crippen LogP contribution is 2.22. The predicted molar refractivity (Wildman–Crippen MR) is 100 cm³/mol. The minimum atomic E-state index is -0.518. The Morgan fingerprint density at radius 2 is 1.78 bits per heavy atom. The van der Waals surface area contributed by atoms with E-state index in [-0.39, 0.29) is 18.3 Å². The molecule has 1 aliphatic rings. The molecule has 2 heterocycles. The van der Waals surface area contributed by atoms with Crippen LogP contribution >= 0.6 is 0 Å². The molecule has 1 saturated heterocycles. The van der Waals surface area contributed by atoms with Crippen molar-refractivity contribution >= 4 is 11.9 Å². The number of hydrogen-bond acceptors (Lipinski definition) is 3. The van der Waals surface area contributed by atoms with Gasteiger partial charge in [-0.3, -0.25) is 4.79 Å². The molecule has 5 nitrogen and oxygen atoms in total. The number of carbonyl (C=O) groups is 2. The van der Waals surface area contributed by atoms with E-state index in [2.05, 4.69) is 6.92 Å². The third-order valence-corrected chi connectivity index (χ3v) is 5.20. The summed E-state index contributed by atoms with van der Waals surface area (Å²) in [5, 5.41) is 0. The average Bonchev–Trinajstić information content (AvgIpc) is 2.95. The number of hydrogen-bond donors (Lipinski definition) is 0. The number of nitrogens with zero attached hydrogens (tertiary/aromatic N) is 2. The molecule has 144 valence electrons. The van der Waals surface area contributed by atoms with Crippen molar-refractivity contribution in [1.29, 1.82) is 0 Å². The van der Waals surface area contributed by atoms with Crippen LogP contribution in [0.2, 0.25) is 0 Å². The van der Waals surface area contributed by atoms with E-state index in [1.807, 2.05) is 11.5 Å². The first kappa shape index (κ1) is 19.1. The molecular weight excluding hydrogens is 347 g/mol. The van der Waals surface area contributed by atoms with Crippen molar-refractivity contribution in [1.82, 2.24) is 9.47 Å². The molecule has 1 amide bonds. The number of halogens is 1. The fourth-order valence-corrected chi connectivity index (χ4v) is 3.51. The van der Waals surface area contributed by atoms with Gasteiger partial charge in [-0.05, 0) is 62.9 Å². The summed E-state index contributed by atoms with van der Waals surface area (Å²) in [6.45, 7) is 7.05. The molecule has 3 rings (SSSR count). The van der Waals surface area contributed by atoms with Crippen LogP contribution in [-0.4, -0.2) is 41.0 Å². The number of ether oxygens (including phenoxy) is 1. The summed E-state index contributed by atoms with van der Waals surface area (Å²) in [6, 6.07) is 7.80. The maximum atomic E-state index is 13.2. The van der Waals surface area contributed by atoms with Crippen LogP contribution in [0.5, 0.6) is 0 Å². The summed E-state index contributed by atoms with van der Waals surface area (Å²) in [5.41, 5.74) is 2.71. The van der Waals surface area contributed by atoms with Gasteiger partial charge in [-0.2, -0.15) is 0 Å². The van der Waals surface area contributed by atoms with Gasteiger partial charge in [0.1, 0.15) is 5.82 Å². The molecule has 0 radical (unpaired) electrons. The first-order valence-electron chi connectivity index (χ1n) is 9.26. The molecule has 1 aromatic carbocycles. The van der Waals surface area contributed by atoms with Crippen LogP contribution in [0.15, 0.2) is 30.3 Å². The van der Waals surface area contributed by atoms with Crippen LogP contribution in [0.3, 0.4) is 0 Å². The zero-order valence-electron chi connectivity index (χ0n) is 16.0. The summed E-state index contributed by atoms with van der Waals surface area (Å²) >= 11 is 0. The molecular formula is C21H25FN2O3. The molecule has 27 heavy (non-hydrogen) atoms. The molecule has 0 N–H and O–H groups in total. The zero-order chi connectivity index (χ0) is 19.6. The number of aromatic nitrogens is 1. The average molecular weight is 372 g/mol. The van der Waals surface area contributed by atoms with Crippen molar-refractivity contribution in [2.24, 2.45) is 5.92 Å². The highest BCUT2D eigenvalue weighted by Gasteiger charge is 2.23. The third kappa shape index (κ3) is 4.21. The van der Waals surface area contributed by atoms with E-state index in [0.29, 0.717) is 17.2 Å². The van der Waals surface area contributed by atoms with E-state index < -0.39 is 5.97 Å². The summed E-state index contributed by atoms with van der Waals surface area (Å²) in [6.07, 6.45) is 1.97. The molecule has 1 aromatic heterocycles. The number of rotatable bonds is 4. The summed E-state index contributed by atoms with van der Waals surface area (Å²) in [4.78, 5) is 26.5. The smallest absolute Gasteiger partial charge is 0.340 e. The van der Waals surface area contributed by atoms with Crippen molar-refractivity contribution in [3.63, 3.8) is 0 Å². The first-order chi connectivity index (χ1) is 12.9. The van der Waals surface area contributed by atoms with E-state index in [9.17, 15) is 14.0 Å². The predicted octanol–water partition coefficient (Wildman–Crippen LogP) is 3.65. The van der Waals surface area contributed by atoms with Gasteiger partial charge >= 0.3 is 5.97 Å². The van der Waals surface area contributed by atoms with E-state index in [0.717, 1.165) is 37.3 Å². The number of esters is 1. The highest BCUT2D eigenvalue weighted by molar-refractivity contribution is 5.93. The van der Waals surface area contributed by atoms with Gasteiger partial charge < -0.3 is 14.2 Å². The second-order valence-corrected chi connectivity index (χ2v) is 7.24. The number of piperidine rings is 1. The fourth-order valence-electron chi connectivity index (χ4n) is 3.51. The normalized spacial score (nSPS) is 15.0. The van der Waals surface area contributed by atoms with Gasteiger partial charge in [0, 0.05) is 30.2 Å². The topological polar surface area (TPSA) is 51.5 Å². The van der Waals surface area contributed by atoms with Crippen molar-refractivity contribution in [3.8, 4) is 5.69 Å². The van der Waals surface area contributed by atoms with E-state index in [4.69, 9.17) is 4.74 Å². The van der Waals surface area contributed by atoms with E-state index in [1.165, 1.54) is 12.1 Å². The van der Waals surface area contributed by atoms with Crippen molar-refractivity contribution < 1.29 is 18.7 Å². The van der Waals surface area contributed by atoms with Crippen LogP contribution in [-0.2, 0) is 9.53 Å². The minimum Gasteiger partial charge on any atom is -0.452 e. The maximum absolute atomic E-state index is 13.2. The molecule has 2 aromatic rings. The molecule has 1 fully saturated rings. The molecule has 0 saturated carbocycles. The number of likely N-dealkylation sites (tertiary alicyclic amines) is 1. The van der Waals surface area contributed by atoms with Crippen LogP contribution < -0.4 is 0 Å². The Hall–Kier alpha value is -2.63. The molecule has 0 unspecified atom stereocenters. The Morgan fingerprint density at radius 3 is 2.41 bits per heavy atom. The molecule has 0 atom stereocenters. The van der Waals surface area contributed by atoms with Crippen molar-refractivity contribution in [2.75, 3.05) is 19.7 Å². The SMILES string of the molecule is Cc1cc(C(=O)OCC(=O)N2CCC(C)CC2)c(C)n1-c1ccc(F)cc1. The lowest BCUT2D eigenvalue weighted by Gasteiger charge is -2.30. The van der Waals surface area contributed by atoms with Gasteiger partial charge in [0.25, 0.3) is 5.91 Å². The summed E-state index contributed by atoms with van der Waals surface area (Å²) in [5.74, 6) is -0.349. The van der Waals surface area contributed by atoms with Gasteiger partial charge in [-0.15, -0.1) is 0 Å². The van der Waals surface area contributed by atoms with Gasteiger partial charge in [0.15, 0.2) is 6.61 Å². The fraction of sp³-hybridized carbons (Fsp3) is 0.429.